The number of nitrogens with zero attached hydrogens (tertiary/aromatic N) is 1. The second kappa shape index (κ2) is 7.26. The molecule has 3 atom stereocenters. The van der Waals surface area contributed by atoms with Gasteiger partial charge in [-0.2, -0.15) is 23.5 Å². The highest BCUT2D eigenvalue weighted by Gasteiger charge is 2.39. The number of rotatable bonds is 4. The molecule has 1 saturated carbocycles. The van der Waals surface area contributed by atoms with Gasteiger partial charge in [-0.25, -0.2) is 0 Å². The van der Waals surface area contributed by atoms with E-state index in [1.807, 2.05) is 0 Å². The molecule has 116 valence electrons. The Morgan fingerprint density at radius 1 is 1.15 bits per heavy atom. The molecule has 2 heterocycles. The van der Waals surface area contributed by atoms with E-state index in [2.05, 4.69) is 47.6 Å². The third-order valence-electron chi connectivity index (χ3n) is 5.30. The highest BCUT2D eigenvalue weighted by molar-refractivity contribution is 8.06. The van der Waals surface area contributed by atoms with E-state index < -0.39 is 0 Å². The smallest absolute Gasteiger partial charge is 0.0263 e. The average Bonchev–Trinajstić information content (AvgIpc) is 2.45. The zero-order valence-corrected chi connectivity index (χ0v) is 14.6. The van der Waals surface area contributed by atoms with E-state index in [1.54, 1.807) is 0 Å². The van der Waals surface area contributed by atoms with Crippen molar-refractivity contribution in [2.45, 2.75) is 50.4 Å². The standard InChI is InChI=1S/C16H30N2S2/c1-12(2)18-9-13-4-3-5-14(10-18)16(13)17-8-15-11-19-6-7-20-15/h12-17H,3-11H2,1-2H3. The summed E-state index contributed by atoms with van der Waals surface area (Å²) in [5, 5.41) is 4.85. The summed E-state index contributed by atoms with van der Waals surface area (Å²) >= 11 is 4.34. The number of nitrogens with one attached hydrogen (secondary N) is 1. The Hall–Kier alpha value is 0.620. The maximum atomic E-state index is 3.99. The number of thioether (sulfide) groups is 2. The Morgan fingerprint density at radius 3 is 2.50 bits per heavy atom. The fourth-order valence-electron chi connectivity index (χ4n) is 4.15. The van der Waals surface area contributed by atoms with Crippen molar-refractivity contribution in [3.63, 3.8) is 0 Å². The van der Waals surface area contributed by atoms with Crippen LogP contribution in [-0.4, -0.2) is 59.1 Å². The Morgan fingerprint density at radius 2 is 1.90 bits per heavy atom. The number of piperidine rings is 1. The first-order chi connectivity index (χ1) is 9.74. The molecule has 2 nitrogen and oxygen atoms in total. The van der Waals surface area contributed by atoms with Crippen LogP contribution in [0.4, 0.5) is 0 Å². The second-order valence-electron chi connectivity index (χ2n) is 7.00. The lowest BCUT2D eigenvalue weighted by Gasteiger charge is -2.49. The number of hydrogen-bond donors (Lipinski definition) is 1. The van der Waals surface area contributed by atoms with Gasteiger partial charge in [-0.05, 0) is 38.5 Å². The molecule has 3 aliphatic rings. The van der Waals surface area contributed by atoms with Gasteiger partial charge in [-0.15, -0.1) is 0 Å². The van der Waals surface area contributed by atoms with Crippen LogP contribution in [-0.2, 0) is 0 Å². The van der Waals surface area contributed by atoms with E-state index in [0.29, 0.717) is 0 Å². The van der Waals surface area contributed by atoms with Gasteiger partial charge >= 0.3 is 0 Å². The largest absolute Gasteiger partial charge is 0.312 e. The summed E-state index contributed by atoms with van der Waals surface area (Å²) in [5.74, 6) is 5.89. The molecule has 2 aliphatic heterocycles. The Balaban J connectivity index is 1.53. The van der Waals surface area contributed by atoms with Crippen molar-refractivity contribution >= 4 is 23.5 Å². The SMILES string of the molecule is CC(C)N1CC2CCCC(C1)C2NCC1CSCCS1. The minimum absolute atomic E-state index is 0.726. The highest BCUT2D eigenvalue weighted by Crippen LogP contribution is 2.36. The van der Waals surface area contributed by atoms with Crippen molar-refractivity contribution in [3.05, 3.63) is 0 Å². The van der Waals surface area contributed by atoms with Crippen molar-refractivity contribution in [1.29, 1.82) is 0 Å². The van der Waals surface area contributed by atoms with E-state index in [0.717, 1.165) is 29.2 Å². The topological polar surface area (TPSA) is 15.3 Å². The van der Waals surface area contributed by atoms with Crippen LogP contribution in [0.25, 0.3) is 0 Å². The van der Waals surface area contributed by atoms with Gasteiger partial charge in [0.15, 0.2) is 0 Å². The first-order valence-electron chi connectivity index (χ1n) is 8.41. The number of hydrogen-bond acceptors (Lipinski definition) is 4. The van der Waals surface area contributed by atoms with Crippen LogP contribution < -0.4 is 5.32 Å². The molecule has 20 heavy (non-hydrogen) atoms. The van der Waals surface area contributed by atoms with Crippen LogP contribution in [0.15, 0.2) is 0 Å². The quantitative estimate of drug-likeness (QED) is 0.858. The van der Waals surface area contributed by atoms with Gasteiger partial charge in [0.2, 0.25) is 0 Å². The monoisotopic (exact) mass is 314 g/mol. The molecule has 0 aromatic rings. The van der Waals surface area contributed by atoms with Crippen LogP contribution in [0.3, 0.4) is 0 Å². The lowest BCUT2D eigenvalue weighted by Crippen LogP contribution is -2.59. The summed E-state index contributed by atoms with van der Waals surface area (Å²) in [6.07, 6.45) is 4.36. The predicted octanol–water partition coefficient (Wildman–Crippen LogP) is 2.93. The van der Waals surface area contributed by atoms with Gasteiger partial charge in [0.25, 0.3) is 0 Å². The predicted molar refractivity (Wildman–Crippen MR) is 92.9 cm³/mol. The normalized spacial score (nSPS) is 39.1. The van der Waals surface area contributed by atoms with Gasteiger partial charge in [0.05, 0.1) is 0 Å². The van der Waals surface area contributed by atoms with Gasteiger partial charge in [-0.1, -0.05) is 6.42 Å². The first kappa shape index (κ1) is 15.5. The van der Waals surface area contributed by atoms with Crippen LogP contribution in [0.5, 0.6) is 0 Å². The van der Waals surface area contributed by atoms with Crippen LogP contribution in [0, 0.1) is 11.8 Å². The molecule has 0 radical (unpaired) electrons. The van der Waals surface area contributed by atoms with Gasteiger partial charge in [0, 0.05) is 54.2 Å². The lowest BCUT2D eigenvalue weighted by molar-refractivity contribution is 0.0300. The maximum Gasteiger partial charge on any atom is 0.0263 e. The summed E-state index contributed by atoms with van der Waals surface area (Å²) in [7, 11) is 0. The Bertz CT molecular complexity index is 291. The van der Waals surface area contributed by atoms with E-state index in [9.17, 15) is 0 Å². The summed E-state index contributed by atoms with van der Waals surface area (Å²) in [5.41, 5.74) is 0. The molecule has 2 saturated heterocycles. The molecule has 3 rings (SSSR count). The molecule has 0 aromatic heterocycles. The molecule has 3 unspecified atom stereocenters. The third-order valence-corrected chi connectivity index (χ3v) is 8.14. The average molecular weight is 315 g/mol. The molecule has 2 bridgehead atoms. The molecule has 4 heteroatoms. The second-order valence-corrected chi connectivity index (χ2v) is 9.56. The van der Waals surface area contributed by atoms with Crippen molar-refractivity contribution in [2.75, 3.05) is 36.9 Å². The van der Waals surface area contributed by atoms with Crippen LogP contribution >= 0.6 is 23.5 Å². The van der Waals surface area contributed by atoms with E-state index in [-0.39, 0.29) is 0 Å². The minimum Gasteiger partial charge on any atom is -0.312 e. The van der Waals surface area contributed by atoms with Crippen molar-refractivity contribution in [3.8, 4) is 0 Å². The van der Waals surface area contributed by atoms with Gasteiger partial charge in [0.1, 0.15) is 0 Å². The van der Waals surface area contributed by atoms with E-state index in [4.69, 9.17) is 0 Å². The van der Waals surface area contributed by atoms with Crippen LogP contribution in [0.1, 0.15) is 33.1 Å². The molecular formula is C16H30N2S2. The Labute approximate surface area is 133 Å². The zero-order valence-electron chi connectivity index (χ0n) is 13.0. The zero-order chi connectivity index (χ0) is 13.9. The van der Waals surface area contributed by atoms with Crippen molar-refractivity contribution < 1.29 is 0 Å². The molecular weight excluding hydrogens is 284 g/mol. The fourth-order valence-corrected chi connectivity index (χ4v) is 6.77. The third kappa shape index (κ3) is 3.68. The van der Waals surface area contributed by atoms with Crippen LogP contribution in [0.2, 0.25) is 0 Å². The van der Waals surface area contributed by atoms with Gasteiger partial charge < -0.3 is 10.2 Å². The maximum absolute atomic E-state index is 3.99. The number of likely N-dealkylation sites (tertiary alicyclic amines) is 1. The van der Waals surface area contributed by atoms with Gasteiger partial charge in [-0.3, -0.25) is 0 Å². The highest BCUT2D eigenvalue weighted by atomic mass is 32.2. The lowest BCUT2D eigenvalue weighted by atomic mass is 9.73. The van der Waals surface area contributed by atoms with Crippen molar-refractivity contribution in [1.82, 2.24) is 10.2 Å². The molecule has 0 aromatic carbocycles. The molecule has 1 aliphatic carbocycles. The molecule has 0 spiro atoms. The first-order valence-corrected chi connectivity index (χ1v) is 10.6. The minimum atomic E-state index is 0.726. The van der Waals surface area contributed by atoms with Crippen molar-refractivity contribution in [2.24, 2.45) is 11.8 Å². The summed E-state index contributed by atoms with van der Waals surface area (Å²) < 4.78 is 0. The molecule has 1 N–H and O–H groups in total. The summed E-state index contributed by atoms with van der Waals surface area (Å²) in [4.78, 5) is 2.72. The molecule has 0 amide bonds. The Kier molecular flexibility index (Phi) is 5.63. The van der Waals surface area contributed by atoms with E-state index >= 15 is 0 Å². The molecule has 3 fully saturated rings. The number of fused-ring (bicyclic) bond motifs is 2. The van der Waals surface area contributed by atoms with E-state index in [1.165, 1.54) is 56.2 Å². The fraction of sp³-hybridized carbons (Fsp3) is 1.00. The summed E-state index contributed by atoms with van der Waals surface area (Å²) in [6.45, 7) is 8.63. The summed E-state index contributed by atoms with van der Waals surface area (Å²) in [6, 6.07) is 1.54.